The summed E-state index contributed by atoms with van der Waals surface area (Å²) in [4.78, 5) is 51.0. The summed E-state index contributed by atoms with van der Waals surface area (Å²) in [6.07, 6.45) is 5.16. The molecule has 14 nitrogen and oxygen atoms in total. The number of hydrogen-bond acceptors (Lipinski definition) is 8. The average molecular weight is 507 g/mol. The molecule has 3 amide bonds. The molecule has 198 valence electrons. The molecule has 9 N–H and O–H groups in total. The van der Waals surface area contributed by atoms with E-state index in [0.717, 1.165) is 5.57 Å². The van der Waals surface area contributed by atoms with Crippen molar-refractivity contribution in [1.29, 1.82) is 5.41 Å². The molecule has 0 saturated heterocycles. The van der Waals surface area contributed by atoms with Crippen LogP contribution >= 0.6 is 0 Å². The minimum Gasteiger partial charge on any atom is -0.512 e. The number of carboxylic acid groups (broad SMARTS) is 1. The van der Waals surface area contributed by atoms with E-state index in [-0.39, 0.29) is 38.1 Å². The van der Waals surface area contributed by atoms with Crippen LogP contribution in [0.25, 0.3) is 10.4 Å². The molecular formula is C22H34N8O6. The number of allylic oxidation sites excluding steroid dienone is 3. The minimum absolute atomic E-state index is 0.00210. The standard InChI is InChI=1S/C22H34N8O6/c23-16(5-3-10-27-22(25)36)19(32)18(24)15(4-1-2-11-28-30-26)20(33)29-17(21(34)35)12-13-6-8-14(31)9-7-13/h6,8,15-17,24,31H,1-5,7,9-12,23H2,(H,29,33)(H,34,35)(H3,25,27,36)/t15-,16+,17+/m1/s1. The Hall–Kier alpha value is -3.90. The molecule has 0 aromatic rings. The maximum absolute atomic E-state index is 13.1. The molecule has 0 fully saturated rings. The molecule has 1 aliphatic carbocycles. The maximum atomic E-state index is 13.1. The maximum Gasteiger partial charge on any atom is 0.326 e. The Morgan fingerprint density at radius 2 is 1.89 bits per heavy atom. The van der Waals surface area contributed by atoms with Crippen molar-refractivity contribution in [3.8, 4) is 0 Å². The number of urea groups is 1. The zero-order valence-electron chi connectivity index (χ0n) is 20.0. The highest BCUT2D eigenvalue weighted by atomic mass is 16.4. The van der Waals surface area contributed by atoms with Crippen LogP contribution in [0.2, 0.25) is 0 Å². The third kappa shape index (κ3) is 11.0. The normalized spacial score (nSPS) is 15.2. The van der Waals surface area contributed by atoms with E-state index >= 15 is 0 Å². The topological polar surface area (TPSA) is 257 Å². The third-order valence-electron chi connectivity index (χ3n) is 5.62. The van der Waals surface area contributed by atoms with Crippen molar-refractivity contribution in [3.63, 3.8) is 0 Å². The molecule has 0 aromatic heterocycles. The van der Waals surface area contributed by atoms with Crippen LogP contribution in [0.15, 0.2) is 28.6 Å². The Morgan fingerprint density at radius 1 is 1.17 bits per heavy atom. The number of aliphatic hydroxyl groups is 1. The summed E-state index contributed by atoms with van der Waals surface area (Å²) in [7, 11) is 0. The molecule has 3 atom stereocenters. The van der Waals surface area contributed by atoms with E-state index in [4.69, 9.17) is 22.4 Å². The van der Waals surface area contributed by atoms with E-state index in [1.807, 2.05) is 0 Å². The number of aliphatic hydroxyl groups excluding tert-OH is 1. The molecule has 0 unspecified atom stereocenters. The van der Waals surface area contributed by atoms with Crippen molar-refractivity contribution in [3.05, 3.63) is 33.9 Å². The Bertz CT molecular complexity index is 941. The second-order valence-corrected chi connectivity index (χ2v) is 8.41. The average Bonchev–Trinajstić information content (AvgIpc) is 2.83. The molecule has 0 aromatic carbocycles. The number of aliphatic carboxylic acids is 1. The molecule has 36 heavy (non-hydrogen) atoms. The Morgan fingerprint density at radius 3 is 2.47 bits per heavy atom. The van der Waals surface area contributed by atoms with E-state index in [0.29, 0.717) is 32.1 Å². The first kappa shape index (κ1) is 30.1. The van der Waals surface area contributed by atoms with Gasteiger partial charge in [0.05, 0.1) is 23.4 Å². The quantitative estimate of drug-likeness (QED) is 0.0503. The fraction of sp³-hybridized carbons (Fsp3) is 0.591. The van der Waals surface area contributed by atoms with Gasteiger partial charge in [-0.3, -0.25) is 9.59 Å². The molecule has 0 aliphatic heterocycles. The second-order valence-electron chi connectivity index (χ2n) is 8.41. The van der Waals surface area contributed by atoms with Gasteiger partial charge in [-0.25, -0.2) is 9.59 Å². The first-order valence-corrected chi connectivity index (χ1v) is 11.6. The Balaban J connectivity index is 2.91. The van der Waals surface area contributed by atoms with E-state index in [1.54, 1.807) is 6.08 Å². The number of hydrogen-bond donors (Lipinski definition) is 7. The fourth-order valence-electron chi connectivity index (χ4n) is 3.59. The predicted molar refractivity (Wildman–Crippen MR) is 131 cm³/mol. The van der Waals surface area contributed by atoms with Gasteiger partial charge in [0, 0.05) is 24.4 Å². The molecule has 0 spiro atoms. The summed E-state index contributed by atoms with van der Waals surface area (Å²) in [6, 6.07) is -3.10. The molecule has 0 heterocycles. The van der Waals surface area contributed by atoms with Crippen LogP contribution in [0.5, 0.6) is 0 Å². The minimum atomic E-state index is -1.29. The Kier molecular flexibility index (Phi) is 13.3. The van der Waals surface area contributed by atoms with Crippen LogP contribution in [0.1, 0.15) is 51.4 Å². The number of Topliss-reactive ketones (excluding diaryl/α,β-unsaturated/α-hetero) is 1. The van der Waals surface area contributed by atoms with Gasteiger partial charge in [0.15, 0.2) is 5.78 Å². The van der Waals surface area contributed by atoms with E-state index < -0.39 is 47.4 Å². The highest BCUT2D eigenvalue weighted by Crippen LogP contribution is 2.21. The number of amides is 3. The molecular weight excluding hydrogens is 472 g/mol. The van der Waals surface area contributed by atoms with Gasteiger partial charge in [-0.2, -0.15) is 0 Å². The number of carbonyl (C=O) groups excluding carboxylic acids is 3. The lowest BCUT2D eigenvalue weighted by Crippen LogP contribution is -2.48. The largest absolute Gasteiger partial charge is 0.512 e. The first-order valence-electron chi connectivity index (χ1n) is 11.6. The number of carboxylic acids is 1. The lowest BCUT2D eigenvalue weighted by Gasteiger charge is -2.23. The molecule has 0 bridgehead atoms. The monoisotopic (exact) mass is 506 g/mol. The van der Waals surface area contributed by atoms with Crippen LogP contribution < -0.4 is 22.1 Å². The van der Waals surface area contributed by atoms with Crippen molar-refractivity contribution in [2.24, 2.45) is 22.5 Å². The van der Waals surface area contributed by atoms with Gasteiger partial charge >= 0.3 is 12.0 Å². The summed E-state index contributed by atoms with van der Waals surface area (Å²) in [5, 5.41) is 35.7. The number of unbranched alkanes of at least 4 members (excludes halogenated alkanes) is 1. The summed E-state index contributed by atoms with van der Waals surface area (Å²) in [6.45, 7) is 0.362. The van der Waals surface area contributed by atoms with Gasteiger partial charge in [-0.05, 0) is 50.1 Å². The third-order valence-corrected chi connectivity index (χ3v) is 5.62. The zero-order valence-corrected chi connectivity index (χ0v) is 20.0. The lowest BCUT2D eigenvalue weighted by molar-refractivity contribution is -0.142. The number of nitrogens with two attached hydrogens (primary N) is 2. The number of rotatable bonds is 17. The second kappa shape index (κ2) is 15.9. The SMILES string of the molecule is [N-]=[N+]=NCCCC[C@H](C(=N)C(=O)[C@@H](N)CCCNC(N)=O)C(=O)N[C@@H](CC1=CC=C(O)CC1)C(=O)O. The van der Waals surface area contributed by atoms with E-state index in [2.05, 4.69) is 20.7 Å². The van der Waals surface area contributed by atoms with Gasteiger partial charge in [-0.1, -0.05) is 23.2 Å². The summed E-state index contributed by atoms with van der Waals surface area (Å²) in [5.74, 6) is -3.89. The smallest absolute Gasteiger partial charge is 0.326 e. The lowest BCUT2D eigenvalue weighted by atomic mass is 9.89. The van der Waals surface area contributed by atoms with Gasteiger partial charge in [0.1, 0.15) is 6.04 Å². The molecule has 0 saturated carbocycles. The zero-order chi connectivity index (χ0) is 27.1. The van der Waals surface area contributed by atoms with Crippen molar-refractivity contribution < 1.29 is 29.4 Å². The van der Waals surface area contributed by atoms with Crippen molar-refractivity contribution in [2.45, 2.75) is 63.5 Å². The van der Waals surface area contributed by atoms with E-state index in [1.165, 1.54) is 6.08 Å². The number of nitrogens with zero attached hydrogens (tertiary/aromatic N) is 3. The van der Waals surface area contributed by atoms with Gasteiger partial charge < -0.3 is 37.7 Å². The fourth-order valence-corrected chi connectivity index (χ4v) is 3.59. The van der Waals surface area contributed by atoms with Crippen LogP contribution in [-0.4, -0.2) is 64.8 Å². The highest BCUT2D eigenvalue weighted by Gasteiger charge is 2.33. The van der Waals surface area contributed by atoms with Gasteiger partial charge in [0.25, 0.3) is 0 Å². The Labute approximate surface area is 208 Å². The molecule has 1 rings (SSSR count). The molecule has 0 radical (unpaired) electrons. The van der Waals surface area contributed by atoms with Crippen LogP contribution in [0.4, 0.5) is 4.79 Å². The van der Waals surface area contributed by atoms with E-state index in [9.17, 15) is 29.4 Å². The summed E-state index contributed by atoms with van der Waals surface area (Å²) >= 11 is 0. The van der Waals surface area contributed by atoms with Crippen molar-refractivity contribution >= 4 is 29.4 Å². The molecule has 1 aliphatic rings. The first-order chi connectivity index (χ1) is 17.1. The summed E-state index contributed by atoms with van der Waals surface area (Å²) < 4.78 is 0. The molecule has 14 heteroatoms. The summed E-state index contributed by atoms with van der Waals surface area (Å²) in [5.41, 5.74) is 19.5. The number of nitrogens with one attached hydrogen (secondary N) is 3. The van der Waals surface area contributed by atoms with Crippen LogP contribution in [-0.2, 0) is 14.4 Å². The van der Waals surface area contributed by atoms with Crippen LogP contribution in [0, 0.1) is 11.3 Å². The number of carbonyl (C=O) groups is 4. The number of primary amides is 1. The highest BCUT2D eigenvalue weighted by molar-refractivity contribution is 6.44. The van der Waals surface area contributed by atoms with Gasteiger partial charge in [-0.15, -0.1) is 0 Å². The van der Waals surface area contributed by atoms with Gasteiger partial charge in [0.2, 0.25) is 5.91 Å². The number of ketones is 1. The predicted octanol–water partition coefficient (Wildman–Crippen LogP) is 1.57. The van der Waals surface area contributed by atoms with Crippen LogP contribution in [0.3, 0.4) is 0 Å². The number of azide groups is 1. The van der Waals surface area contributed by atoms with Crippen molar-refractivity contribution in [2.75, 3.05) is 13.1 Å². The van der Waals surface area contributed by atoms with Crippen molar-refractivity contribution in [1.82, 2.24) is 10.6 Å².